The molecule has 0 radical (unpaired) electrons. The predicted octanol–water partition coefficient (Wildman–Crippen LogP) is 4.10. The molecule has 170 valence electrons. The molecule has 3 N–H and O–H groups in total. The van der Waals surface area contributed by atoms with E-state index in [9.17, 15) is 4.79 Å². The minimum Gasteiger partial charge on any atom is -0.378 e. The zero-order valence-electron chi connectivity index (χ0n) is 18.3. The van der Waals surface area contributed by atoms with Gasteiger partial charge in [-0.15, -0.1) is 12.4 Å². The molecule has 0 bridgehead atoms. The predicted molar refractivity (Wildman–Crippen MR) is 135 cm³/mol. The smallest absolute Gasteiger partial charge is 0.265 e. The molecular weight excluding hydrogens is 438 g/mol. The molecule has 7 nitrogen and oxygen atoms in total. The lowest BCUT2D eigenvalue weighted by atomic mass is 9.97. The topological polar surface area (TPSA) is 89.2 Å². The van der Waals surface area contributed by atoms with Gasteiger partial charge < -0.3 is 19.9 Å². The van der Waals surface area contributed by atoms with Crippen LogP contribution in [0.1, 0.15) is 21.7 Å². The summed E-state index contributed by atoms with van der Waals surface area (Å²) in [5.41, 5.74) is 11.9. The summed E-state index contributed by atoms with van der Waals surface area (Å²) in [4.78, 5) is 14.5. The van der Waals surface area contributed by atoms with E-state index in [-0.39, 0.29) is 12.4 Å². The first-order valence-corrected chi connectivity index (χ1v) is 10.7. The van der Waals surface area contributed by atoms with Crippen LogP contribution in [0.4, 0.5) is 5.69 Å². The number of nitrogens with two attached hydrogens (primary N) is 1. The largest absolute Gasteiger partial charge is 0.378 e. The van der Waals surface area contributed by atoms with Crippen LogP contribution >= 0.6 is 12.4 Å². The summed E-state index contributed by atoms with van der Waals surface area (Å²) >= 11 is 0. The number of anilines is 1. The number of para-hydroxylation sites is 1. The molecule has 0 unspecified atom stereocenters. The standard InChI is InChI=1S/C25H25N5O2.ClH/c1-29-11-10-19(24(29)25(26)31)21-16-18(30-12-14-32-15-13-30)8-6-17(21)7-9-23-20-4-2-3-5-22(20)27-28-23;/h2-11,16H,12-15H2,1H3,(H2,26,31)(H,27,28);1H. The van der Waals surface area contributed by atoms with Crippen LogP contribution in [0.2, 0.25) is 0 Å². The van der Waals surface area contributed by atoms with Crippen molar-refractivity contribution in [1.82, 2.24) is 14.8 Å². The summed E-state index contributed by atoms with van der Waals surface area (Å²) in [6.07, 6.45) is 5.91. The number of hydrogen-bond acceptors (Lipinski definition) is 4. The highest BCUT2D eigenvalue weighted by atomic mass is 35.5. The second kappa shape index (κ2) is 9.52. The van der Waals surface area contributed by atoms with Crippen molar-refractivity contribution in [3.05, 3.63) is 71.7 Å². The Balaban J connectivity index is 0.00000259. The van der Waals surface area contributed by atoms with Crippen LogP contribution in [-0.2, 0) is 11.8 Å². The summed E-state index contributed by atoms with van der Waals surface area (Å²) in [6.45, 7) is 3.10. The molecule has 4 aromatic rings. The Morgan fingerprint density at radius 2 is 1.88 bits per heavy atom. The van der Waals surface area contributed by atoms with Crippen molar-refractivity contribution in [1.29, 1.82) is 0 Å². The van der Waals surface area contributed by atoms with Gasteiger partial charge in [0.2, 0.25) is 0 Å². The van der Waals surface area contributed by atoms with Crippen LogP contribution in [0.25, 0.3) is 34.2 Å². The Morgan fingerprint density at radius 1 is 1.09 bits per heavy atom. The lowest BCUT2D eigenvalue weighted by Gasteiger charge is -2.29. The molecule has 1 aliphatic rings. The highest BCUT2D eigenvalue weighted by Crippen LogP contribution is 2.33. The average molecular weight is 464 g/mol. The summed E-state index contributed by atoms with van der Waals surface area (Å²) in [7, 11) is 1.83. The van der Waals surface area contributed by atoms with Gasteiger partial charge in [-0.25, -0.2) is 0 Å². The monoisotopic (exact) mass is 463 g/mol. The fourth-order valence-corrected chi connectivity index (χ4v) is 4.28. The summed E-state index contributed by atoms with van der Waals surface area (Å²) in [6, 6.07) is 16.3. The lowest BCUT2D eigenvalue weighted by Crippen LogP contribution is -2.36. The maximum Gasteiger partial charge on any atom is 0.265 e. The average Bonchev–Trinajstić information content (AvgIpc) is 3.41. The van der Waals surface area contributed by atoms with E-state index in [0.29, 0.717) is 18.9 Å². The van der Waals surface area contributed by atoms with Crippen LogP contribution < -0.4 is 10.6 Å². The number of hydrogen-bond donors (Lipinski definition) is 2. The number of ether oxygens (including phenoxy) is 1. The number of aromatic amines is 1. The molecular formula is C25H26ClN5O2. The van der Waals surface area contributed by atoms with Crippen molar-refractivity contribution in [2.24, 2.45) is 12.8 Å². The molecule has 3 heterocycles. The van der Waals surface area contributed by atoms with E-state index in [1.54, 1.807) is 4.57 Å². The molecule has 2 aromatic carbocycles. The number of nitrogens with one attached hydrogen (secondary N) is 1. The van der Waals surface area contributed by atoms with Gasteiger partial charge >= 0.3 is 0 Å². The molecule has 5 rings (SSSR count). The van der Waals surface area contributed by atoms with Gasteiger partial charge in [0.25, 0.3) is 5.91 Å². The second-order valence-corrected chi connectivity index (χ2v) is 7.91. The third-order valence-electron chi connectivity index (χ3n) is 5.93. The number of benzene rings is 2. The Hall–Kier alpha value is -3.55. The number of aryl methyl sites for hydroxylation is 1. The van der Waals surface area contributed by atoms with E-state index in [0.717, 1.165) is 52.1 Å². The van der Waals surface area contributed by atoms with Crippen molar-refractivity contribution < 1.29 is 9.53 Å². The van der Waals surface area contributed by atoms with Crippen LogP contribution in [0.15, 0.2) is 54.7 Å². The summed E-state index contributed by atoms with van der Waals surface area (Å²) < 4.78 is 7.27. The number of nitrogens with zero attached hydrogens (tertiary/aromatic N) is 3. The molecule has 0 saturated carbocycles. The van der Waals surface area contributed by atoms with E-state index in [2.05, 4.69) is 33.3 Å². The van der Waals surface area contributed by atoms with Gasteiger partial charge in [0.15, 0.2) is 0 Å². The Bertz CT molecular complexity index is 1320. The fraction of sp³-hybridized carbons (Fsp3) is 0.200. The van der Waals surface area contributed by atoms with Crippen LogP contribution in [0.5, 0.6) is 0 Å². The van der Waals surface area contributed by atoms with Gasteiger partial charge in [-0.05, 0) is 41.5 Å². The highest BCUT2D eigenvalue weighted by Gasteiger charge is 2.19. The summed E-state index contributed by atoms with van der Waals surface area (Å²) in [5, 5.41) is 8.57. The molecule has 33 heavy (non-hydrogen) atoms. The number of carbonyl (C=O) groups is 1. The molecule has 1 aliphatic heterocycles. The van der Waals surface area contributed by atoms with Gasteiger partial charge in [0.05, 0.1) is 24.4 Å². The Labute approximate surface area is 198 Å². The quantitative estimate of drug-likeness (QED) is 0.466. The third-order valence-corrected chi connectivity index (χ3v) is 5.93. The molecule has 1 amide bonds. The first-order chi connectivity index (χ1) is 15.6. The lowest BCUT2D eigenvalue weighted by molar-refractivity contribution is 0.0993. The van der Waals surface area contributed by atoms with Crippen LogP contribution in [0.3, 0.4) is 0 Å². The zero-order chi connectivity index (χ0) is 22.1. The minimum atomic E-state index is -0.447. The van der Waals surface area contributed by atoms with Crippen molar-refractivity contribution in [3.63, 3.8) is 0 Å². The van der Waals surface area contributed by atoms with Gasteiger partial charge in [-0.3, -0.25) is 9.89 Å². The SMILES string of the molecule is Cl.Cn1ccc(-c2cc(N3CCOCC3)ccc2C=Cc2n[nH]c3ccccc23)c1C(N)=O. The maximum atomic E-state index is 12.2. The molecule has 0 spiro atoms. The normalized spacial score (nSPS) is 14.0. The third kappa shape index (κ3) is 4.37. The zero-order valence-corrected chi connectivity index (χ0v) is 19.1. The van der Waals surface area contributed by atoms with E-state index < -0.39 is 5.91 Å². The van der Waals surface area contributed by atoms with Crippen LogP contribution in [-0.4, -0.2) is 47.0 Å². The molecule has 0 aliphatic carbocycles. The number of morpholine rings is 1. The van der Waals surface area contributed by atoms with Crippen molar-refractivity contribution in [3.8, 4) is 11.1 Å². The maximum absolute atomic E-state index is 12.2. The number of halogens is 1. The van der Waals surface area contributed by atoms with Gasteiger partial charge in [-0.1, -0.05) is 30.3 Å². The van der Waals surface area contributed by atoms with E-state index >= 15 is 0 Å². The van der Waals surface area contributed by atoms with Crippen molar-refractivity contribution >= 4 is 47.1 Å². The number of carbonyl (C=O) groups excluding carboxylic acids is 1. The Kier molecular flexibility index (Phi) is 6.53. The van der Waals surface area contributed by atoms with E-state index in [1.165, 1.54) is 0 Å². The Morgan fingerprint density at radius 3 is 2.67 bits per heavy atom. The number of rotatable bonds is 5. The van der Waals surface area contributed by atoms with E-state index in [4.69, 9.17) is 10.5 Å². The first-order valence-electron chi connectivity index (χ1n) is 10.7. The molecule has 8 heteroatoms. The van der Waals surface area contributed by atoms with Crippen LogP contribution in [0, 0.1) is 0 Å². The minimum absolute atomic E-state index is 0. The van der Waals surface area contributed by atoms with Crippen molar-refractivity contribution in [2.45, 2.75) is 0 Å². The molecule has 2 aromatic heterocycles. The highest BCUT2D eigenvalue weighted by molar-refractivity contribution is 6.00. The van der Waals surface area contributed by atoms with E-state index in [1.807, 2.05) is 55.7 Å². The van der Waals surface area contributed by atoms with Gasteiger partial charge in [0.1, 0.15) is 5.69 Å². The van der Waals surface area contributed by atoms with Gasteiger partial charge in [0, 0.05) is 43.0 Å². The molecule has 0 atom stereocenters. The summed E-state index contributed by atoms with van der Waals surface area (Å²) in [5.74, 6) is -0.447. The second-order valence-electron chi connectivity index (χ2n) is 7.91. The fourth-order valence-electron chi connectivity index (χ4n) is 4.28. The number of aromatic nitrogens is 3. The van der Waals surface area contributed by atoms with Gasteiger partial charge in [-0.2, -0.15) is 5.10 Å². The number of amides is 1. The number of primary amides is 1. The first kappa shape index (κ1) is 22.6. The van der Waals surface area contributed by atoms with Crippen molar-refractivity contribution in [2.75, 3.05) is 31.2 Å². The number of fused-ring (bicyclic) bond motifs is 1. The number of H-pyrrole nitrogens is 1. The molecule has 1 saturated heterocycles. The molecule has 1 fully saturated rings.